The summed E-state index contributed by atoms with van der Waals surface area (Å²) in [5, 5.41) is 9.18. The van der Waals surface area contributed by atoms with Gasteiger partial charge in [0.1, 0.15) is 0 Å². The number of carbonyl (C=O) groups is 1. The van der Waals surface area contributed by atoms with Gasteiger partial charge in [-0.1, -0.05) is 50.2 Å². The van der Waals surface area contributed by atoms with E-state index in [1.165, 1.54) is 5.56 Å². The van der Waals surface area contributed by atoms with Crippen molar-refractivity contribution < 1.29 is 9.90 Å². The van der Waals surface area contributed by atoms with Crippen LogP contribution in [0.25, 0.3) is 11.1 Å². The highest BCUT2D eigenvalue weighted by Gasteiger charge is 2.11. The van der Waals surface area contributed by atoms with Crippen molar-refractivity contribution >= 4 is 5.97 Å². The van der Waals surface area contributed by atoms with E-state index in [1.807, 2.05) is 13.0 Å². The second kappa shape index (κ2) is 5.91. The molecule has 0 bridgehead atoms. The topological polar surface area (TPSA) is 37.3 Å². The Morgan fingerprint density at radius 1 is 1.10 bits per heavy atom. The van der Waals surface area contributed by atoms with Gasteiger partial charge in [0.2, 0.25) is 0 Å². The van der Waals surface area contributed by atoms with E-state index in [0.29, 0.717) is 11.5 Å². The van der Waals surface area contributed by atoms with Crippen molar-refractivity contribution in [2.45, 2.75) is 27.2 Å². The molecule has 0 unspecified atom stereocenters. The molecular formula is C18H20O2. The summed E-state index contributed by atoms with van der Waals surface area (Å²) in [7, 11) is 0. The van der Waals surface area contributed by atoms with E-state index < -0.39 is 5.97 Å². The van der Waals surface area contributed by atoms with E-state index >= 15 is 0 Å². The highest BCUT2D eigenvalue weighted by molar-refractivity contribution is 5.92. The zero-order valence-electron chi connectivity index (χ0n) is 12.2. The summed E-state index contributed by atoms with van der Waals surface area (Å²) in [5.74, 6) is -0.237. The van der Waals surface area contributed by atoms with Crippen LogP contribution in [0.2, 0.25) is 0 Å². The Bertz CT molecular complexity index is 610. The summed E-state index contributed by atoms with van der Waals surface area (Å²) in [4.78, 5) is 11.2. The number of aromatic carboxylic acids is 1. The molecule has 0 aliphatic carbocycles. The van der Waals surface area contributed by atoms with Gasteiger partial charge in [-0.05, 0) is 47.6 Å². The first-order valence-electron chi connectivity index (χ1n) is 6.91. The van der Waals surface area contributed by atoms with Crippen LogP contribution < -0.4 is 0 Å². The smallest absolute Gasteiger partial charge is 0.335 e. The number of carboxylic acid groups (broad SMARTS) is 1. The van der Waals surface area contributed by atoms with Crippen molar-refractivity contribution in [3.8, 4) is 11.1 Å². The van der Waals surface area contributed by atoms with Crippen LogP contribution in [-0.4, -0.2) is 11.1 Å². The Balaban J connectivity index is 2.37. The summed E-state index contributed by atoms with van der Waals surface area (Å²) >= 11 is 0. The molecule has 0 aliphatic rings. The molecule has 2 heteroatoms. The number of benzene rings is 2. The number of rotatable bonds is 4. The van der Waals surface area contributed by atoms with Crippen molar-refractivity contribution in [3.63, 3.8) is 0 Å². The van der Waals surface area contributed by atoms with Gasteiger partial charge in [-0.2, -0.15) is 0 Å². The second-order valence-corrected chi connectivity index (χ2v) is 5.58. The fraction of sp³-hybridized carbons (Fsp3) is 0.278. The third-order valence-electron chi connectivity index (χ3n) is 3.47. The third-order valence-corrected chi connectivity index (χ3v) is 3.47. The van der Waals surface area contributed by atoms with E-state index in [-0.39, 0.29) is 0 Å². The molecule has 0 amide bonds. The molecule has 104 valence electrons. The van der Waals surface area contributed by atoms with Crippen LogP contribution in [0.1, 0.15) is 35.3 Å². The highest BCUT2D eigenvalue weighted by Crippen LogP contribution is 2.26. The largest absolute Gasteiger partial charge is 0.478 e. The van der Waals surface area contributed by atoms with Gasteiger partial charge in [0, 0.05) is 0 Å². The lowest BCUT2D eigenvalue weighted by Gasteiger charge is -2.10. The minimum absolute atomic E-state index is 0.369. The lowest BCUT2D eigenvalue weighted by molar-refractivity contribution is 0.0696. The minimum Gasteiger partial charge on any atom is -0.478 e. The van der Waals surface area contributed by atoms with Gasteiger partial charge >= 0.3 is 5.97 Å². The quantitative estimate of drug-likeness (QED) is 0.882. The predicted molar refractivity (Wildman–Crippen MR) is 82.1 cm³/mol. The Kier molecular flexibility index (Phi) is 4.23. The summed E-state index contributed by atoms with van der Waals surface area (Å²) in [5.41, 5.74) is 4.56. The first-order valence-corrected chi connectivity index (χ1v) is 6.91. The fourth-order valence-electron chi connectivity index (χ4n) is 2.47. The average molecular weight is 268 g/mol. The summed E-state index contributed by atoms with van der Waals surface area (Å²) in [6, 6.07) is 13.8. The van der Waals surface area contributed by atoms with Crippen molar-refractivity contribution in [3.05, 3.63) is 59.2 Å². The first-order chi connectivity index (χ1) is 9.49. The predicted octanol–water partition coefficient (Wildman–Crippen LogP) is 4.56. The second-order valence-electron chi connectivity index (χ2n) is 5.58. The zero-order valence-corrected chi connectivity index (χ0v) is 12.2. The molecule has 20 heavy (non-hydrogen) atoms. The molecule has 0 aliphatic heterocycles. The zero-order chi connectivity index (χ0) is 14.7. The maximum atomic E-state index is 11.2. The van der Waals surface area contributed by atoms with Crippen LogP contribution in [0.3, 0.4) is 0 Å². The molecule has 0 aromatic heterocycles. The molecule has 1 N–H and O–H groups in total. The fourth-order valence-corrected chi connectivity index (χ4v) is 2.47. The number of carboxylic acids is 1. The van der Waals surface area contributed by atoms with Gasteiger partial charge in [-0.25, -0.2) is 4.79 Å². The van der Waals surface area contributed by atoms with E-state index in [9.17, 15) is 9.90 Å². The molecule has 0 heterocycles. The van der Waals surface area contributed by atoms with Gasteiger partial charge in [0.05, 0.1) is 5.56 Å². The van der Waals surface area contributed by atoms with Crippen molar-refractivity contribution in [1.29, 1.82) is 0 Å². The molecule has 0 atom stereocenters. The van der Waals surface area contributed by atoms with Crippen LogP contribution >= 0.6 is 0 Å². The lowest BCUT2D eigenvalue weighted by Crippen LogP contribution is -2.00. The van der Waals surface area contributed by atoms with Crippen LogP contribution in [0.15, 0.2) is 42.5 Å². The van der Waals surface area contributed by atoms with Crippen LogP contribution in [0, 0.1) is 12.8 Å². The molecule has 0 radical (unpaired) electrons. The van der Waals surface area contributed by atoms with E-state index in [0.717, 1.165) is 23.1 Å². The summed E-state index contributed by atoms with van der Waals surface area (Å²) in [6.07, 6.45) is 1.06. The maximum Gasteiger partial charge on any atom is 0.335 e. The molecular weight excluding hydrogens is 248 g/mol. The molecule has 0 saturated carbocycles. The maximum absolute atomic E-state index is 11.2. The van der Waals surface area contributed by atoms with Gasteiger partial charge in [0.15, 0.2) is 0 Å². The monoisotopic (exact) mass is 268 g/mol. The molecule has 2 nitrogen and oxygen atoms in total. The molecule has 0 saturated heterocycles. The van der Waals surface area contributed by atoms with E-state index in [4.69, 9.17) is 0 Å². The lowest BCUT2D eigenvalue weighted by atomic mass is 9.94. The number of hydrogen-bond acceptors (Lipinski definition) is 1. The Labute approximate surface area is 120 Å². The first kappa shape index (κ1) is 14.3. The van der Waals surface area contributed by atoms with E-state index in [1.54, 1.807) is 12.1 Å². The van der Waals surface area contributed by atoms with Crippen molar-refractivity contribution in [2.75, 3.05) is 0 Å². The molecule has 2 aromatic carbocycles. The molecule has 2 aromatic rings. The van der Waals surface area contributed by atoms with Crippen LogP contribution in [-0.2, 0) is 6.42 Å². The Morgan fingerprint density at radius 2 is 1.75 bits per heavy atom. The SMILES string of the molecule is Cc1c(C(=O)O)cccc1-c1ccc(CC(C)C)cc1. The van der Waals surface area contributed by atoms with Gasteiger partial charge in [-0.3, -0.25) is 0 Å². The van der Waals surface area contributed by atoms with Crippen molar-refractivity contribution in [2.24, 2.45) is 5.92 Å². The standard InChI is InChI=1S/C18H20O2/c1-12(2)11-14-7-9-15(10-8-14)16-5-4-6-17(13(16)3)18(19)20/h4-10,12H,11H2,1-3H3,(H,19,20). The molecule has 0 fully saturated rings. The Morgan fingerprint density at radius 3 is 2.30 bits per heavy atom. The van der Waals surface area contributed by atoms with E-state index in [2.05, 4.69) is 38.1 Å². The highest BCUT2D eigenvalue weighted by atomic mass is 16.4. The average Bonchev–Trinajstić information content (AvgIpc) is 2.39. The van der Waals surface area contributed by atoms with Gasteiger partial charge in [-0.15, -0.1) is 0 Å². The van der Waals surface area contributed by atoms with Crippen LogP contribution in [0.4, 0.5) is 0 Å². The van der Waals surface area contributed by atoms with Crippen molar-refractivity contribution in [1.82, 2.24) is 0 Å². The summed E-state index contributed by atoms with van der Waals surface area (Å²) in [6.45, 7) is 6.27. The number of hydrogen-bond donors (Lipinski definition) is 1. The van der Waals surface area contributed by atoms with Gasteiger partial charge in [0.25, 0.3) is 0 Å². The summed E-state index contributed by atoms with van der Waals surface area (Å²) < 4.78 is 0. The van der Waals surface area contributed by atoms with Gasteiger partial charge < -0.3 is 5.11 Å². The Hall–Kier alpha value is -2.09. The minimum atomic E-state index is -0.874. The molecule has 2 rings (SSSR count). The third kappa shape index (κ3) is 3.08. The van der Waals surface area contributed by atoms with Crippen LogP contribution in [0.5, 0.6) is 0 Å². The molecule has 0 spiro atoms. The normalized spacial score (nSPS) is 10.8.